The van der Waals surface area contributed by atoms with Gasteiger partial charge in [-0.2, -0.15) is 0 Å². The molecule has 1 amide bonds. The molecule has 2 fully saturated rings. The van der Waals surface area contributed by atoms with Gasteiger partial charge in [-0.3, -0.25) is 4.79 Å². The fourth-order valence-corrected chi connectivity index (χ4v) is 4.07. The molecule has 6 nitrogen and oxygen atoms in total. The van der Waals surface area contributed by atoms with Crippen molar-refractivity contribution in [1.82, 2.24) is 4.90 Å². The topological polar surface area (TPSA) is 76.1 Å². The molecule has 1 heterocycles. The number of carbonyl (C=O) groups excluding carboxylic acids is 2. The van der Waals surface area contributed by atoms with Gasteiger partial charge in [0, 0.05) is 13.1 Å². The van der Waals surface area contributed by atoms with Gasteiger partial charge in [-0.15, -0.1) is 0 Å². The van der Waals surface area contributed by atoms with Gasteiger partial charge in [-0.1, -0.05) is 6.92 Å². The summed E-state index contributed by atoms with van der Waals surface area (Å²) in [7, 11) is 1.36. The van der Waals surface area contributed by atoms with E-state index in [9.17, 15) is 14.7 Å². The van der Waals surface area contributed by atoms with Gasteiger partial charge in [-0.25, -0.2) is 4.79 Å². The largest absolute Gasteiger partial charge is 0.469 e. The number of hydrogen-bond donors (Lipinski definition) is 1. The number of hydrogen-bond acceptors (Lipinski definition) is 5. The Hall–Kier alpha value is -1.30. The van der Waals surface area contributed by atoms with E-state index in [1.807, 2.05) is 27.7 Å². The SMILES string of the molecule is COC(=O)C1C(O)C(C)CC12CCN(C(=O)OC(C)(C)C)CC2. The number of aliphatic hydroxyl groups is 1. The Kier molecular flexibility index (Phi) is 4.95. The summed E-state index contributed by atoms with van der Waals surface area (Å²) < 4.78 is 10.3. The summed E-state index contributed by atoms with van der Waals surface area (Å²) in [5, 5.41) is 10.4. The monoisotopic (exact) mass is 327 g/mol. The number of nitrogens with zero attached hydrogens (tertiary/aromatic N) is 1. The number of methoxy groups -OCH3 is 1. The number of likely N-dealkylation sites (tertiary alicyclic amines) is 1. The van der Waals surface area contributed by atoms with Crippen molar-refractivity contribution in [3.63, 3.8) is 0 Å². The second-order valence-electron chi connectivity index (χ2n) is 8.00. The van der Waals surface area contributed by atoms with E-state index >= 15 is 0 Å². The van der Waals surface area contributed by atoms with E-state index in [4.69, 9.17) is 9.47 Å². The summed E-state index contributed by atoms with van der Waals surface area (Å²) >= 11 is 0. The first-order valence-electron chi connectivity index (χ1n) is 8.33. The molecule has 1 saturated heterocycles. The quantitative estimate of drug-likeness (QED) is 0.747. The van der Waals surface area contributed by atoms with Crippen molar-refractivity contribution in [3.05, 3.63) is 0 Å². The molecule has 3 atom stereocenters. The van der Waals surface area contributed by atoms with Crippen molar-refractivity contribution in [3.8, 4) is 0 Å². The van der Waals surface area contributed by atoms with Crippen molar-refractivity contribution in [1.29, 1.82) is 0 Å². The predicted octanol–water partition coefficient (Wildman–Crippen LogP) is 2.19. The van der Waals surface area contributed by atoms with Crippen molar-refractivity contribution in [2.45, 2.75) is 58.7 Å². The zero-order valence-corrected chi connectivity index (χ0v) is 14.8. The van der Waals surface area contributed by atoms with Crippen LogP contribution in [0.2, 0.25) is 0 Å². The lowest BCUT2D eigenvalue weighted by Gasteiger charge is -2.42. The van der Waals surface area contributed by atoms with Gasteiger partial charge in [0.2, 0.25) is 0 Å². The summed E-state index contributed by atoms with van der Waals surface area (Å²) in [4.78, 5) is 26.0. The van der Waals surface area contributed by atoms with E-state index in [2.05, 4.69) is 0 Å². The van der Waals surface area contributed by atoms with Crippen molar-refractivity contribution < 1.29 is 24.2 Å². The Labute approximate surface area is 138 Å². The third-order valence-electron chi connectivity index (χ3n) is 5.18. The van der Waals surface area contributed by atoms with Gasteiger partial charge in [0.1, 0.15) is 5.60 Å². The van der Waals surface area contributed by atoms with E-state index in [1.54, 1.807) is 4.90 Å². The summed E-state index contributed by atoms with van der Waals surface area (Å²) in [5.41, 5.74) is -0.788. The summed E-state index contributed by atoms with van der Waals surface area (Å²) in [6.45, 7) is 8.59. The maximum atomic E-state index is 12.2. The lowest BCUT2D eigenvalue weighted by atomic mass is 9.70. The zero-order chi connectivity index (χ0) is 17.4. The number of rotatable bonds is 1. The summed E-state index contributed by atoms with van der Waals surface area (Å²) in [6.07, 6.45) is 1.18. The fraction of sp³-hybridized carbons (Fsp3) is 0.882. The van der Waals surface area contributed by atoms with Gasteiger partial charge in [0.15, 0.2) is 0 Å². The molecule has 1 saturated carbocycles. The van der Waals surface area contributed by atoms with Crippen LogP contribution in [0.15, 0.2) is 0 Å². The minimum absolute atomic E-state index is 0.0622. The average Bonchev–Trinajstić information content (AvgIpc) is 2.68. The zero-order valence-electron chi connectivity index (χ0n) is 14.8. The molecule has 2 rings (SSSR count). The molecule has 6 heteroatoms. The molecule has 1 aliphatic heterocycles. The molecule has 0 aromatic rings. The average molecular weight is 327 g/mol. The van der Waals surface area contributed by atoms with E-state index in [0.29, 0.717) is 25.9 Å². The highest BCUT2D eigenvalue weighted by Crippen LogP contribution is 2.53. The van der Waals surface area contributed by atoms with E-state index in [0.717, 1.165) is 6.42 Å². The lowest BCUT2D eigenvalue weighted by molar-refractivity contribution is -0.155. The highest BCUT2D eigenvalue weighted by molar-refractivity contribution is 5.75. The van der Waals surface area contributed by atoms with Gasteiger partial charge in [0.05, 0.1) is 19.1 Å². The standard InChI is InChI=1S/C17H29NO5/c1-11-10-17(12(13(11)19)14(20)22-5)6-8-18(9-7-17)15(21)23-16(2,3)4/h11-13,19H,6-10H2,1-5H3. The summed E-state index contributed by atoms with van der Waals surface area (Å²) in [6, 6.07) is 0. The Bertz CT molecular complexity index is 462. The molecule has 132 valence electrons. The molecule has 3 unspecified atom stereocenters. The molecular formula is C17H29NO5. The van der Waals surface area contributed by atoms with Gasteiger partial charge in [-0.05, 0) is 51.4 Å². The Balaban J connectivity index is 2.07. The van der Waals surface area contributed by atoms with Gasteiger partial charge in [0.25, 0.3) is 0 Å². The van der Waals surface area contributed by atoms with Crippen LogP contribution in [0.1, 0.15) is 47.0 Å². The Morgan fingerprint density at radius 1 is 1.22 bits per heavy atom. The maximum absolute atomic E-state index is 12.2. The molecule has 0 bridgehead atoms. The van der Waals surface area contributed by atoms with Crippen LogP contribution in [-0.4, -0.2) is 54.0 Å². The van der Waals surface area contributed by atoms with Crippen LogP contribution in [0, 0.1) is 17.3 Å². The van der Waals surface area contributed by atoms with Crippen LogP contribution >= 0.6 is 0 Å². The third kappa shape index (κ3) is 3.62. The van der Waals surface area contributed by atoms with Crippen LogP contribution < -0.4 is 0 Å². The van der Waals surface area contributed by atoms with E-state index in [1.165, 1.54) is 7.11 Å². The van der Waals surface area contributed by atoms with Crippen LogP contribution in [0.3, 0.4) is 0 Å². The molecule has 2 aliphatic rings. The Morgan fingerprint density at radius 3 is 2.26 bits per heavy atom. The van der Waals surface area contributed by atoms with Gasteiger partial charge < -0.3 is 19.5 Å². The number of piperidine rings is 1. The Morgan fingerprint density at radius 2 is 1.78 bits per heavy atom. The second kappa shape index (κ2) is 6.30. The second-order valence-corrected chi connectivity index (χ2v) is 8.00. The molecule has 0 radical (unpaired) electrons. The van der Waals surface area contributed by atoms with Crippen molar-refractivity contribution in [2.24, 2.45) is 17.3 Å². The summed E-state index contributed by atoms with van der Waals surface area (Å²) in [5.74, 6) is -0.775. The normalized spacial score (nSPS) is 30.3. The molecule has 0 aromatic carbocycles. The highest BCUT2D eigenvalue weighted by atomic mass is 16.6. The molecule has 1 spiro atoms. The number of ether oxygens (including phenoxy) is 2. The number of amides is 1. The van der Waals surface area contributed by atoms with Crippen LogP contribution in [0.4, 0.5) is 4.79 Å². The van der Waals surface area contributed by atoms with Crippen LogP contribution in [0.25, 0.3) is 0 Å². The molecule has 23 heavy (non-hydrogen) atoms. The van der Waals surface area contributed by atoms with Crippen molar-refractivity contribution >= 4 is 12.1 Å². The minimum Gasteiger partial charge on any atom is -0.469 e. The number of esters is 1. The van der Waals surface area contributed by atoms with E-state index < -0.39 is 17.6 Å². The van der Waals surface area contributed by atoms with Crippen LogP contribution in [0.5, 0.6) is 0 Å². The first kappa shape index (κ1) is 18.0. The smallest absolute Gasteiger partial charge is 0.410 e. The number of carbonyl (C=O) groups is 2. The fourth-order valence-electron chi connectivity index (χ4n) is 4.07. The lowest BCUT2D eigenvalue weighted by Crippen LogP contribution is -2.48. The minimum atomic E-state index is -0.671. The van der Waals surface area contributed by atoms with Gasteiger partial charge >= 0.3 is 12.1 Å². The predicted molar refractivity (Wildman–Crippen MR) is 84.8 cm³/mol. The molecule has 0 aromatic heterocycles. The molecule has 1 aliphatic carbocycles. The van der Waals surface area contributed by atoms with Crippen LogP contribution in [-0.2, 0) is 14.3 Å². The van der Waals surface area contributed by atoms with E-state index in [-0.39, 0.29) is 23.4 Å². The van der Waals surface area contributed by atoms with Crippen molar-refractivity contribution in [2.75, 3.05) is 20.2 Å². The highest BCUT2D eigenvalue weighted by Gasteiger charge is 2.56. The maximum Gasteiger partial charge on any atom is 0.410 e. The number of aliphatic hydroxyl groups excluding tert-OH is 1. The first-order chi connectivity index (χ1) is 10.6. The molecule has 1 N–H and O–H groups in total. The third-order valence-corrected chi connectivity index (χ3v) is 5.18. The first-order valence-corrected chi connectivity index (χ1v) is 8.33. The molecular weight excluding hydrogens is 298 g/mol.